The maximum Gasteiger partial charge on any atom is 0.249 e. The number of hydrogen-bond acceptors (Lipinski definition) is 3. The van der Waals surface area contributed by atoms with Gasteiger partial charge >= 0.3 is 0 Å². The van der Waals surface area contributed by atoms with Crippen LogP contribution in [0.1, 0.15) is 20.8 Å². The summed E-state index contributed by atoms with van der Waals surface area (Å²) in [6.45, 7) is 13.2. The normalized spacial score (nSPS) is 21.1. The number of piperazine rings is 1. The highest BCUT2D eigenvalue weighted by Gasteiger charge is 2.24. The summed E-state index contributed by atoms with van der Waals surface area (Å²) >= 11 is 0. The van der Waals surface area contributed by atoms with Crippen LogP contribution in [-0.2, 0) is 4.79 Å². The van der Waals surface area contributed by atoms with Gasteiger partial charge in [-0.15, -0.1) is 0 Å². The van der Waals surface area contributed by atoms with E-state index < -0.39 is 0 Å². The van der Waals surface area contributed by atoms with Crippen LogP contribution in [0.25, 0.3) is 0 Å². The SMILES string of the molecule is CC(C(=O)N1CCN(CC(C)C)CC1)=C1CNC1. The summed E-state index contributed by atoms with van der Waals surface area (Å²) in [5.41, 5.74) is 2.25. The van der Waals surface area contributed by atoms with E-state index in [0.717, 1.165) is 51.4 Å². The van der Waals surface area contributed by atoms with Crippen LogP contribution in [0, 0.1) is 5.92 Å². The largest absolute Gasteiger partial charge is 0.336 e. The van der Waals surface area contributed by atoms with Crippen molar-refractivity contribution in [2.45, 2.75) is 20.8 Å². The molecule has 0 aromatic heterocycles. The first-order valence-corrected chi connectivity index (χ1v) is 6.99. The van der Waals surface area contributed by atoms with E-state index in [1.807, 2.05) is 11.8 Å². The van der Waals surface area contributed by atoms with Crippen LogP contribution in [0.3, 0.4) is 0 Å². The molecule has 4 heteroatoms. The Hall–Kier alpha value is -0.870. The van der Waals surface area contributed by atoms with Crippen LogP contribution in [0.5, 0.6) is 0 Å². The Balaban J connectivity index is 1.84. The van der Waals surface area contributed by atoms with Gasteiger partial charge in [-0.1, -0.05) is 13.8 Å². The molecule has 4 nitrogen and oxygen atoms in total. The lowest BCUT2D eigenvalue weighted by atomic mass is 10.0. The third-order valence-corrected chi connectivity index (χ3v) is 3.81. The Kier molecular flexibility index (Phi) is 4.40. The van der Waals surface area contributed by atoms with E-state index in [9.17, 15) is 4.79 Å². The highest BCUT2D eigenvalue weighted by Crippen LogP contribution is 2.14. The third-order valence-electron chi connectivity index (χ3n) is 3.81. The zero-order valence-electron chi connectivity index (χ0n) is 11.8. The number of nitrogens with one attached hydrogen (secondary N) is 1. The van der Waals surface area contributed by atoms with Gasteiger partial charge in [0.05, 0.1) is 0 Å². The lowest BCUT2D eigenvalue weighted by Gasteiger charge is -2.36. The molecule has 2 heterocycles. The van der Waals surface area contributed by atoms with Gasteiger partial charge in [0.25, 0.3) is 0 Å². The van der Waals surface area contributed by atoms with Crippen molar-refractivity contribution in [3.63, 3.8) is 0 Å². The molecule has 2 aliphatic rings. The molecule has 2 rings (SSSR count). The maximum absolute atomic E-state index is 12.3. The molecular weight excluding hydrogens is 226 g/mol. The number of amides is 1. The summed E-state index contributed by atoms with van der Waals surface area (Å²) in [6.07, 6.45) is 0. The fraction of sp³-hybridized carbons (Fsp3) is 0.786. The van der Waals surface area contributed by atoms with Crippen molar-refractivity contribution in [3.8, 4) is 0 Å². The summed E-state index contributed by atoms with van der Waals surface area (Å²) in [5.74, 6) is 0.952. The molecule has 0 aromatic rings. The molecule has 0 saturated carbocycles. The number of carbonyl (C=O) groups is 1. The van der Waals surface area contributed by atoms with Crippen molar-refractivity contribution in [2.24, 2.45) is 5.92 Å². The van der Waals surface area contributed by atoms with Crippen LogP contribution < -0.4 is 5.32 Å². The number of nitrogens with zero attached hydrogens (tertiary/aromatic N) is 2. The van der Waals surface area contributed by atoms with Crippen molar-refractivity contribution < 1.29 is 4.79 Å². The van der Waals surface area contributed by atoms with Gasteiger partial charge < -0.3 is 10.2 Å². The highest BCUT2D eigenvalue weighted by atomic mass is 16.2. The quantitative estimate of drug-likeness (QED) is 0.750. The topological polar surface area (TPSA) is 35.6 Å². The molecule has 0 aromatic carbocycles. The number of rotatable bonds is 3. The number of carbonyl (C=O) groups excluding carboxylic acids is 1. The molecule has 18 heavy (non-hydrogen) atoms. The molecule has 0 spiro atoms. The van der Waals surface area contributed by atoms with E-state index in [2.05, 4.69) is 24.1 Å². The predicted octanol–water partition coefficient (Wildman–Crippen LogP) is 0.706. The van der Waals surface area contributed by atoms with Gasteiger partial charge in [-0.05, 0) is 18.4 Å². The number of hydrogen-bond donors (Lipinski definition) is 1. The average Bonchev–Trinajstić information content (AvgIpc) is 2.26. The zero-order chi connectivity index (χ0) is 13.1. The van der Waals surface area contributed by atoms with Crippen molar-refractivity contribution in [1.82, 2.24) is 15.1 Å². The second-order valence-electron chi connectivity index (χ2n) is 5.82. The summed E-state index contributed by atoms with van der Waals surface area (Å²) in [7, 11) is 0. The Morgan fingerprint density at radius 3 is 2.28 bits per heavy atom. The zero-order valence-corrected chi connectivity index (χ0v) is 11.8. The van der Waals surface area contributed by atoms with Crippen molar-refractivity contribution in [3.05, 3.63) is 11.1 Å². The highest BCUT2D eigenvalue weighted by molar-refractivity contribution is 5.94. The molecule has 0 unspecified atom stereocenters. The van der Waals surface area contributed by atoms with Crippen LogP contribution in [0.15, 0.2) is 11.1 Å². The summed E-state index contributed by atoms with van der Waals surface area (Å²) in [6, 6.07) is 0. The van der Waals surface area contributed by atoms with E-state index in [1.165, 1.54) is 5.57 Å². The van der Waals surface area contributed by atoms with Crippen LogP contribution in [-0.4, -0.2) is 61.5 Å². The van der Waals surface area contributed by atoms with Gasteiger partial charge in [0.15, 0.2) is 0 Å². The van der Waals surface area contributed by atoms with E-state index >= 15 is 0 Å². The molecule has 0 aliphatic carbocycles. The lowest BCUT2D eigenvalue weighted by Crippen LogP contribution is -2.50. The fourth-order valence-electron chi connectivity index (χ4n) is 2.55. The molecule has 2 fully saturated rings. The molecule has 2 aliphatic heterocycles. The Morgan fingerprint density at radius 1 is 1.22 bits per heavy atom. The maximum atomic E-state index is 12.3. The molecule has 0 bridgehead atoms. The second kappa shape index (κ2) is 5.85. The Labute approximate surface area is 110 Å². The molecule has 0 atom stereocenters. The monoisotopic (exact) mass is 251 g/mol. The minimum absolute atomic E-state index is 0.246. The third kappa shape index (κ3) is 3.12. The summed E-state index contributed by atoms with van der Waals surface area (Å²) in [5, 5.41) is 3.19. The molecule has 0 radical (unpaired) electrons. The van der Waals surface area contributed by atoms with Crippen LogP contribution in [0.2, 0.25) is 0 Å². The van der Waals surface area contributed by atoms with Crippen LogP contribution in [0.4, 0.5) is 0 Å². The molecular formula is C14H25N3O. The molecule has 2 saturated heterocycles. The first-order chi connectivity index (χ1) is 8.58. The predicted molar refractivity (Wildman–Crippen MR) is 73.4 cm³/mol. The van der Waals surface area contributed by atoms with E-state index in [1.54, 1.807) is 0 Å². The van der Waals surface area contributed by atoms with Crippen LogP contribution >= 0.6 is 0 Å². The molecule has 1 N–H and O–H groups in total. The Morgan fingerprint density at radius 2 is 1.83 bits per heavy atom. The molecule has 1 amide bonds. The van der Waals surface area contributed by atoms with E-state index in [-0.39, 0.29) is 5.91 Å². The van der Waals surface area contributed by atoms with E-state index in [0.29, 0.717) is 5.92 Å². The standard InChI is InChI=1S/C14H25N3O/c1-11(2)10-16-4-6-17(7-5-16)14(18)12(3)13-8-15-9-13/h11,15H,4-10H2,1-3H3. The van der Waals surface area contributed by atoms with Gasteiger partial charge in [0, 0.05) is 51.4 Å². The Bertz CT molecular complexity index is 335. The van der Waals surface area contributed by atoms with Gasteiger partial charge in [-0.25, -0.2) is 0 Å². The molecule has 102 valence electrons. The lowest BCUT2D eigenvalue weighted by molar-refractivity contribution is -0.128. The first-order valence-electron chi connectivity index (χ1n) is 6.99. The minimum atomic E-state index is 0.246. The van der Waals surface area contributed by atoms with Crippen molar-refractivity contribution >= 4 is 5.91 Å². The summed E-state index contributed by atoms with van der Waals surface area (Å²) in [4.78, 5) is 16.8. The van der Waals surface area contributed by atoms with Gasteiger partial charge in [-0.3, -0.25) is 9.69 Å². The first kappa shape index (κ1) is 13.6. The average molecular weight is 251 g/mol. The fourth-order valence-corrected chi connectivity index (χ4v) is 2.55. The minimum Gasteiger partial charge on any atom is -0.336 e. The van der Waals surface area contributed by atoms with Gasteiger partial charge in [0.2, 0.25) is 5.91 Å². The van der Waals surface area contributed by atoms with Gasteiger partial charge in [-0.2, -0.15) is 0 Å². The van der Waals surface area contributed by atoms with Crippen molar-refractivity contribution in [1.29, 1.82) is 0 Å². The smallest absolute Gasteiger partial charge is 0.249 e. The second-order valence-corrected chi connectivity index (χ2v) is 5.82. The summed E-state index contributed by atoms with van der Waals surface area (Å²) < 4.78 is 0. The van der Waals surface area contributed by atoms with E-state index in [4.69, 9.17) is 0 Å². The van der Waals surface area contributed by atoms with Gasteiger partial charge in [0.1, 0.15) is 0 Å². The van der Waals surface area contributed by atoms with Crippen molar-refractivity contribution in [2.75, 3.05) is 45.8 Å².